The third-order valence-electron chi connectivity index (χ3n) is 1.96. The second-order valence-corrected chi connectivity index (χ2v) is 3.20. The number of benzene rings is 1. The molecule has 0 saturated heterocycles. The number of hydrogen-bond donors (Lipinski definition) is 0. The predicted octanol–water partition coefficient (Wildman–Crippen LogP) is 3.35. The lowest BCUT2D eigenvalue weighted by molar-refractivity contribution is 0.102. The molecular weight excluding hydrogens is 210 g/mol. The summed E-state index contributed by atoms with van der Waals surface area (Å²) in [4.78, 5) is 11.1. The molecule has 0 aromatic heterocycles. The van der Waals surface area contributed by atoms with Gasteiger partial charge in [0, 0.05) is 11.1 Å². The minimum atomic E-state index is -2.56. The van der Waals surface area contributed by atoms with E-state index >= 15 is 0 Å². The maximum Gasteiger partial charge on any atom is 0.264 e. The van der Waals surface area contributed by atoms with Crippen molar-refractivity contribution < 1.29 is 13.6 Å². The van der Waals surface area contributed by atoms with Crippen molar-refractivity contribution in [2.45, 2.75) is 13.3 Å². The maximum absolute atomic E-state index is 12.4. The third kappa shape index (κ3) is 2.29. The molecule has 1 aromatic rings. The molecule has 76 valence electrons. The van der Waals surface area contributed by atoms with Crippen LogP contribution in [0.2, 0.25) is 0 Å². The first-order valence-electron chi connectivity index (χ1n) is 4.04. The highest BCUT2D eigenvalue weighted by Crippen LogP contribution is 2.23. The van der Waals surface area contributed by atoms with Crippen LogP contribution in [0, 0.1) is 6.92 Å². The number of hydrogen-bond acceptors (Lipinski definition) is 1. The molecule has 0 amide bonds. The molecule has 0 aliphatic carbocycles. The average molecular weight is 219 g/mol. The summed E-state index contributed by atoms with van der Waals surface area (Å²) in [6.45, 7) is 1.58. The van der Waals surface area contributed by atoms with E-state index in [0.29, 0.717) is 5.56 Å². The van der Waals surface area contributed by atoms with Gasteiger partial charge in [-0.1, -0.05) is 12.1 Å². The summed E-state index contributed by atoms with van der Waals surface area (Å²) in [6, 6.07) is 4.21. The first-order valence-corrected chi connectivity index (χ1v) is 4.57. The summed E-state index contributed by atoms with van der Waals surface area (Å²) >= 11 is 5.32. The highest BCUT2D eigenvalue weighted by molar-refractivity contribution is 6.30. The Morgan fingerprint density at radius 1 is 1.50 bits per heavy atom. The van der Waals surface area contributed by atoms with Gasteiger partial charge in [-0.05, 0) is 18.6 Å². The van der Waals surface area contributed by atoms with Gasteiger partial charge in [-0.15, -0.1) is 11.6 Å². The summed E-state index contributed by atoms with van der Waals surface area (Å²) in [7, 11) is 0. The molecule has 0 fully saturated rings. The molecule has 0 aliphatic heterocycles. The number of Topliss-reactive ketones (excluding diaryl/α,β-unsaturated/α-hetero) is 1. The van der Waals surface area contributed by atoms with Crippen LogP contribution in [-0.4, -0.2) is 11.7 Å². The van der Waals surface area contributed by atoms with E-state index in [4.69, 9.17) is 11.6 Å². The van der Waals surface area contributed by atoms with Crippen molar-refractivity contribution in [2.24, 2.45) is 0 Å². The van der Waals surface area contributed by atoms with Gasteiger partial charge in [0.1, 0.15) is 0 Å². The van der Waals surface area contributed by atoms with Crippen molar-refractivity contribution in [3.63, 3.8) is 0 Å². The number of halogens is 3. The van der Waals surface area contributed by atoms with Gasteiger partial charge in [-0.2, -0.15) is 0 Å². The molecule has 1 aromatic carbocycles. The Balaban J connectivity index is 3.13. The first kappa shape index (κ1) is 11.1. The summed E-state index contributed by atoms with van der Waals surface area (Å²) < 4.78 is 24.9. The minimum Gasteiger partial charge on any atom is -0.293 e. The average Bonchev–Trinajstić information content (AvgIpc) is 2.17. The van der Waals surface area contributed by atoms with E-state index in [1.807, 2.05) is 0 Å². The van der Waals surface area contributed by atoms with E-state index in [9.17, 15) is 13.6 Å². The van der Waals surface area contributed by atoms with Gasteiger partial charge in [0.15, 0.2) is 5.78 Å². The molecular formula is C10H9ClF2O. The maximum atomic E-state index is 12.4. The van der Waals surface area contributed by atoms with Gasteiger partial charge in [-0.25, -0.2) is 8.78 Å². The molecule has 0 radical (unpaired) electrons. The van der Waals surface area contributed by atoms with Crippen molar-refractivity contribution in [3.05, 3.63) is 34.9 Å². The zero-order valence-corrected chi connectivity index (χ0v) is 8.31. The van der Waals surface area contributed by atoms with Crippen molar-refractivity contribution in [1.29, 1.82) is 0 Å². The Morgan fingerprint density at radius 2 is 2.14 bits per heavy atom. The molecule has 1 nitrogen and oxygen atoms in total. The fourth-order valence-corrected chi connectivity index (χ4v) is 1.28. The number of carbonyl (C=O) groups excluding carboxylic acids is 1. The number of carbonyl (C=O) groups is 1. The van der Waals surface area contributed by atoms with E-state index in [0.717, 1.165) is 0 Å². The van der Waals surface area contributed by atoms with Gasteiger partial charge in [0.05, 0.1) is 5.88 Å². The summed E-state index contributed by atoms with van der Waals surface area (Å²) in [5.41, 5.74) is 0.605. The number of aryl methyl sites for hydroxylation is 1. The topological polar surface area (TPSA) is 17.1 Å². The number of ketones is 1. The molecule has 0 heterocycles. The van der Waals surface area contributed by atoms with Crippen LogP contribution in [0.25, 0.3) is 0 Å². The Bertz CT molecular complexity index is 350. The van der Waals surface area contributed by atoms with E-state index in [2.05, 4.69) is 0 Å². The van der Waals surface area contributed by atoms with Crippen LogP contribution in [0.3, 0.4) is 0 Å². The van der Waals surface area contributed by atoms with Crippen LogP contribution in [0.5, 0.6) is 0 Å². The van der Waals surface area contributed by atoms with Crippen molar-refractivity contribution in [1.82, 2.24) is 0 Å². The number of alkyl halides is 3. The largest absolute Gasteiger partial charge is 0.293 e. The molecule has 0 atom stereocenters. The number of rotatable bonds is 3. The van der Waals surface area contributed by atoms with E-state index in [1.165, 1.54) is 18.2 Å². The van der Waals surface area contributed by atoms with Gasteiger partial charge in [0.2, 0.25) is 0 Å². The highest BCUT2D eigenvalue weighted by atomic mass is 35.5. The molecule has 0 aliphatic rings. The zero-order valence-electron chi connectivity index (χ0n) is 7.56. The van der Waals surface area contributed by atoms with Gasteiger partial charge >= 0.3 is 0 Å². The molecule has 4 heteroatoms. The molecule has 14 heavy (non-hydrogen) atoms. The lowest BCUT2D eigenvalue weighted by Gasteiger charge is -2.06. The first-order chi connectivity index (χ1) is 6.56. The van der Waals surface area contributed by atoms with Crippen molar-refractivity contribution in [3.8, 4) is 0 Å². The van der Waals surface area contributed by atoms with E-state index < -0.39 is 6.43 Å². The molecule has 0 N–H and O–H groups in total. The summed E-state index contributed by atoms with van der Waals surface area (Å²) in [6.07, 6.45) is -2.56. The molecule has 0 saturated carbocycles. The third-order valence-corrected chi connectivity index (χ3v) is 2.20. The fourth-order valence-electron chi connectivity index (χ4n) is 1.13. The SMILES string of the molecule is Cc1ccc(C(=O)CCl)cc1C(F)F. The Kier molecular flexibility index (Phi) is 3.58. The quantitative estimate of drug-likeness (QED) is 0.562. The second kappa shape index (κ2) is 4.51. The van der Waals surface area contributed by atoms with Crippen molar-refractivity contribution >= 4 is 17.4 Å². The molecule has 0 bridgehead atoms. The monoisotopic (exact) mass is 218 g/mol. The Labute approximate surface area is 85.7 Å². The smallest absolute Gasteiger partial charge is 0.264 e. The summed E-state index contributed by atoms with van der Waals surface area (Å²) in [5.74, 6) is -0.528. The lowest BCUT2D eigenvalue weighted by atomic mass is 10.0. The van der Waals surface area contributed by atoms with Crippen LogP contribution in [0.4, 0.5) is 8.78 Å². The summed E-state index contributed by atoms with van der Waals surface area (Å²) in [5, 5.41) is 0. The second-order valence-electron chi connectivity index (χ2n) is 2.93. The standard InChI is InChI=1S/C10H9ClF2O/c1-6-2-3-7(9(14)5-11)4-8(6)10(12)13/h2-4,10H,5H2,1H3. The lowest BCUT2D eigenvalue weighted by Crippen LogP contribution is -2.02. The van der Waals surface area contributed by atoms with Crippen LogP contribution < -0.4 is 0 Å². The highest BCUT2D eigenvalue weighted by Gasteiger charge is 2.13. The molecule has 0 unspecified atom stereocenters. The van der Waals surface area contributed by atoms with Crippen molar-refractivity contribution in [2.75, 3.05) is 5.88 Å². The van der Waals surface area contributed by atoms with Gasteiger partial charge < -0.3 is 0 Å². The van der Waals surface area contributed by atoms with E-state index in [-0.39, 0.29) is 22.8 Å². The fraction of sp³-hybridized carbons (Fsp3) is 0.300. The zero-order chi connectivity index (χ0) is 10.7. The van der Waals surface area contributed by atoms with Gasteiger partial charge in [-0.3, -0.25) is 4.79 Å². The molecule has 0 spiro atoms. The Hall–Kier alpha value is -0.960. The molecule has 1 rings (SSSR count). The van der Waals surface area contributed by atoms with E-state index in [1.54, 1.807) is 6.92 Å². The minimum absolute atomic E-state index is 0.110. The Morgan fingerprint density at radius 3 is 2.64 bits per heavy atom. The van der Waals surface area contributed by atoms with Crippen LogP contribution in [-0.2, 0) is 0 Å². The van der Waals surface area contributed by atoms with Gasteiger partial charge in [0.25, 0.3) is 6.43 Å². The van der Waals surface area contributed by atoms with Crippen LogP contribution in [0.1, 0.15) is 27.9 Å². The van der Waals surface area contributed by atoms with Crippen LogP contribution >= 0.6 is 11.6 Å². The predicted molar refractivity (Wildman–Crippen MR) is 51.2 cm³/mol. The van der Waals surface area contributed by atoms with Crippen LogP contribution in [0.15, 0.2) is 18.2 Å². The normalized spacial score (nSPS) is 10.6.